The molecule has 0 bridgehead atoms. The third kappa shape index (κ3) is 4.35. The highest BCUT2D eigenvalue weighted by atomic mass is 32.1. The summed E-state index contributed by atoms with van der Waals surface area (Å²) in [6, 6.07) is 12.9. The van der Waals surface area contributed by atoms with E-state index in [9.17, 15) is 4.79 Å². The average Bonchev–Trinajstić information content (AvgIpc) is 3.38. The van der Waals surface area contributed by atoms with E-state index in [-0.39, 0.29) is 12.3 Å². The van der Waals surface area contributed by atoms with Crippen molar-refractivity contribution in [3.8, 4) is 22.9 Å². The first kappa shape index (κ1) is 18.9. The third-order valence-electron chi connectivity index (χ3n) is 4.22. The van der Waals surface area contributed by atoms with Crippen molar-refractivity contribution in [1.29, 1.82) is 0 Å². The molecule has 0 saturated heterocycles. The number of nitrogens with zero attached hydrogens (tertiary/aromatic N) is 3. The number of benzene rings is 2. The minimum atomic E-state index is -0.166. The molecular formula is C20H18N4O4S. The predicted octanol–water partition coefficient (Wildman–Crippen LogP) is 3.93. The highest BCUT2D eigenvalue weighted by Gasteiger charge is 2.13. The third-order valence-corrected chi connectivity index (χ3v) is 5.16. The lowest BCUT2D eigenvalue weighted by molar-refractivity contribution is -0.116. The molecule has 0 fully saturated rings. The molecule has 4 aromatic rings. The number of hydrogen-bond acceptors (Lipinski definition) is 8. The van der Waals surface area contributed by atoms with Gasteiger partial charge in [-0.15, -0.1) is 0 Å². The van der Waals surface area contributed by atoms with E-state index in [0.29, 0.717) is 23.3 Å². The summed E-state index contributed by atoms with van der Waals surface area (Å²) < 4.78 is 16.5. The SMILES string of the molecule is COc1ccc(-c2noc(CCC(=O)Nc3nc4ccc(OC)cc4s3)n2)cc1. The van der Waals surface area contributed by atoms with Crippen molar-refractivity contribution in [2.45, 2.75) is 12.8 Å². The Morgan fingerprint density at radius 1 is 1.07 bits per heavy atom. The fourth-order valence-corrected chi connectivity index (χ4v) is 3.61. The average molecular weight is 410 g/mol. The zero-order chi connectivity index (χ0) is 20.2. The highest BCUT2D eigenvalue weighted by Crippen LogP contribution is 2.29. The number of fused-ring (bicyclic) bond motifs is 1. The van der Waals surface area contributed by atoms with Gasteiger partial charge in [0.15, 0.2) is 5.13 Å². The number of methoxy groups -OCH3 is 2. The van der Waals surface area contributed by atoms with Gasteiger partial charge in [-0.3, -0.25) is 4.79 Å². The number of carbonyl (C=O) groups excluding carboxylic acids is 1. The first-order chi connectivity index (χ1) is 14.1. The molecule has 9 heteroatoms. The van der Waals surface area contributed by atoms with Gasteiger partial charge in [0.25, 0.3) is 0 Å². The van der Waals surface area contributed by atoms with E-state index >= 15 is 0 Å². The van der Waals surface area contributed by atoms with Gasteiger partial charge in [-0.1, -0.05) is 16.5 Å². The molecule has 0 aliphatic heterocycles. The maximum Gasteiger partial charge on any atom is 0.227 e. The van der Waals surface area contributed by atoms with E-state index in [2.05, 4.69) is 20.4 Å². The largest absolute Gasteiger partial charge is 0.497 e. The van der Waals surface area contributed by atoms with Gasteiger partial charge in [-0.25, -0.2) is 4.98 Å². The highest BCUT2D eigenvalue weighted by molar-refractivity contribution is 7.22. The summed E-state index contributed by atoms with van der Waals surface area (Å²) in [6.45, 7) is 0. The second kappa shape index (κ2) is 8.27. The molecule has 1 N–H and O–H groups in total. The summed E-state index contributed by atoms with van der Waals surface area (Å²) in [5.41, 5.74) is 1.63. The lowest BCUT2D eigenvalue weighted by Crippen LogP contribution is -2.12. The van der Waals surface area contributed by atoms with Crippen molar-refractivity contribution in [2.24, 2.45) is 0 Å². The summed E-state index contributed by atoms with van der Waals surface area (Å²) >= 11 is 1.40. The molecule has 0 saturated carbocycles. The number of aromatic nitrogens is 3. The van der Waals surface area contributed by atoms with Crippen molar-refractivity contribution in [3.63, 3.8) is 0 Å². The molecule has 2 heterocycles. The van der Waals surface area contributed by atoms with E-state index in [0.717, 1.165) is 27.3 Å². The first-order valence-electron chi connectivity index (χ1n) is 8.86. The van der Waals surface area contributed by atoms with Crippen LogP contribution in [0, 0.1) is 0 Å². The molecule has 0 radical (unpaired) electrons. The van der Waals surface area contributed by atoms with Crippen LogP contribution in [0.5, 0.6) is 11.5 Å². The van der Waals surface area contributed by atoms with Crippen LogP contribution in [0.25, 0.3) is 21.6 Å². The number of thiazole rings is 1. The molecule has 0 aliphatic carbocycles. The number of carbonyl (C=O) groups is 1. The predicted molar refractivity (Wildman–Crippen MR) is 109 cm³/mol. The van der Waals surface area contributed by atoms with Crippen LogP contribution in [-0.4, -0.2) is 35.3 Å². The number of anilines is 1. The van der Waals surface area contributed by atoms with E-state index in [1.54, 1.807) is 14.2 Å². The summed E-state index contributed by atoms with van der Waals surface area (Å²) in [5.74, 6) is 2.22. The van der Waals surface area contributed by atoms with Gasteiger partial charge in [-0.2, -0.15) is 4.98 Å². The van der Waals surface area contributed by atoms with Gasteiger partial charge in [0.1, 0.15) is 11.5 Å². The van der Waals surface area contributed by atoms with Crippen LogP contribution < -0.4 is 14.8 Å². The van der Waals surface area contributed by atoms with Crippen LogP contribution in [0.15, 0.2) is 47.0 Å². The van der Waals surface area contributed by atoms with E-state index in [1.807, 2.05) is 42.5 Å². The molecule has 0 aliphatic rings. The van der Waals surface area contributed by atoms with Crippen LogP contribution in [0.3, 0.4) is 0 Å². The Labute approximate surface area is 170 Å². The normalized spacial score (nSPS) is 10.8. The zero-order valence-electron chi connectivity index (χ0n) is 15.8. The van der Waals surface area contributed by atoms with Crippen LogP contribution in [0.1, 0.15) is 12.3 Å². The summed E-state index contributed by atoms with van der Waals surface area (Å²) in [6.07, 6.45) is 0.553. The number of rotatable bonds is 7. The van der Waals surface area contributed by atoms with Gasteiger partial charge in [0, 0.05) is 18.4 Å². The van der Waals surface area contributed by atoms with Gasteiger partial charge >= 0.3 is 0 Å². The molecule has 29 heavy (non-hydrogen) atoms. The maximum absolute atomic E-state index is 12.3. The molecule has 0 unspecified atom stereocenters. The molecule has 1 amide bonds. The number of aryl methyl sites for hydroxylation is 1. The zero-order valence-corrected chi connectivity index (χ0v) is 16.7. The molecular weight excluding hydrogens is 392 g/mol. The van der Waals surface area contributed by atoms with Crippen LogP contribution in [0.2, 0.25) is 0 Å². The second-order valence-corrected chi connectivity index (χ2v) is 7.17. The molecule has 2 aromatic heterocycles. The van der Waals surface area contributed by atoms with Gasteiger partial charge in [0.05, 0.1) is 24.4 Å². The lowest BCUT2D eigenvalue weighted by Gasteiger charge is -1.99. The molecule has 0 spiro atoms. The quantitative estimate of drug-likeness (QED) is 0.493. The number of nitrogens with one attached hydrogen (secondary N) is 1. The van der Waals surface area contributed by atoms with E-state index in [4.69, 9.17) is 14.0 Å². The molecule has 8 nitrogen and oxygen atoms in total. The Morgan fingerprint density at radius 3 is 2.59 bits per heavy atom. The Morgan fingerprint density at radius 2 is 1.83 bits per heavy atom. The molecule has 2 aromatic carbocycles. The number of ether oxygens (including phenoxy) is 2. The smallest absolute Gasteiger partial charge is 0.227 e. The monoisotopic (exact) mass is 410 g/mol. The topological polar surface area (TPSA) is 99.4 Å². The van der Waals surface area contributed by atoms with Crippen LogP contribution in [-0.2, 0) is 11.2 Å². The van der Waals surface area contributed by atoms with Crippen LogP contribution >= 0.6 is 11.3 Å². The number of amides is 1. The van der Waals surface area contributed by atoms with Crippen molar-refractivity contribution < 1.29 is 18.8 Å². The van der Waals surface area contributed by atoms with Gasteiger partial charge < -0.3 is 19.3 Å². The van der Waals surface area contributed by atoms with Gasteiger partial charge in [-0.05, 0) is 42.5 Å². The van der Waals surface area contributed by atoms with Crippen molar-refractivity contribution >= 4 is 32.6 Å². The summed E-state index contributed by atoms with van der Waals surface area (Å²) in [4.78, 5) is 21.0. The van der Waals surface area contributed by atoms with Gasteiger partial charge in [0.2, 0.25) is 17.6 Å². The molecule has 0 atom stereocenters. The van der Waals surface area contributed by atoms with E-state index in [1.165, 1.54) is 11.3 Å². The first-order valence-corrected chi connectivity index (χ1v) is 9.67. The standard InChI is InChI=1S/C20H18N4O4S/c1-26-13-5-3-12(4-6-13)19-23-18(28-24-19)10-9-17(25)22-20-21-15-8-7-14(27-2)11-16(15)29-20/h3-8,11H,9-10H2,1-2H3,(H,21,22,25). The number of hydrogen-bond donors (Lipinski definition) is 1. The summed E-state index contributed by atoms with van der Waals surface area (Å²) in [7, 11) is 3.22. The minimum absolute atomic E-state index is 0.166. The summed E-state index contributed by atoms with van der Waals surface area (Å²) in [5, 5.41) is 7.33. The van der Waals surface area contributed by atoms with Crippen molar-refractivity contribution in [3.05, 3.63) is 48.4 Å². The maximum atomic E-state index is 12.3. The van der Waals surface area contributed by atoms with Crippen molar-refractivity contribution in [1.82, 2.24) is 15.1 Å². The Balaban J connectivity index is 1.35. The van der Waals surface area contributed by atoms with E-state index < -0.39 is 0 Å². The Kier molecular flexibility index (Phi) is 5.39. The fraction of sp³-hybridized carbons (Fsp3) is 0.200. The second-order valence-electron chi connectivity index (χ2n) is 6.14. The fourth-order valence-electron chi connectivity index (χ4n) is 2.70. The molecule has 4 rings (SSSR count). The lowest BCUT2D eigenvalue weighted by atomic mass is 10.2. The Hall–Kier alpha value is -3.46. The Bertz CT molecular complexity index is 1140. The van der Waals surface area contributed by atoms with Crippen LogP contribution in [0.4, 0.5) is 5.13 Å². The van der Waals surface area contributed by atoms with Crippen molar-refractivity contribution in [2.75, 3.05) is 19.5 Å². The minimum Gasteiger partial charge on any atom is -0.497 e. The molecule has 148 valence electrons.